The largest absolute Gasteiger partial charge is 0.507 e. The number of hydrazone groups is 1. The van der Waals surface area contributed by atoms with Gasteiger partial charge in [0.05, 0.1) is 5.71 Å². The first kappa shape index (κ1) is 17.2. The Morgan fingerprint density at radius 2 is 2.08 bits per heavy atom. The molecule has 0 saturated heterocycles. The molecule has 11 heteroatoms. The predicted octanol–water partition coefficient (Wildman–Crippen LogP) is 1.55. The molecule has 128 valence electrons. The Balaban J connectivity index is 2.20. The van der Waals surface area contributed by atoms with Crippen molar-refractivity contribution in [3.05, 3.63) is 45.3 Å². The van der Waals surface area contributed by atoms with Crippen LogP contribution in [0.25, 0.3) is 0 Å². The number of nitrogens with zero attached hydrogens (tertiary/aromatic N) is 2. The first-order valence-electron chi connectivity index (χ1n) is 6.41. The maximum absolute atomic E-state index is 12.4. The first-order valence-corrected chi connectivity index (χ1v) is 6.41. The molecule has 2 aromatic rings. The minimum Gasteiger partial charge on any atom is -0.507 e. The summed E-state index contributed by atoms with van der Waals surface area (Å²) in [5.41, 5.74) is -1.04. The Hall–Kier alpha value is -3.11. The van der Waals surface area contributed by atoms with Gasteiger partial charge in [0.15, 0.2) is 5.69 Å². The van der Waals surface area contributed by atoms with Crippen molar-refractivity contribution in [1.29, 1.82) is 0 Å². The monoisotopic (exact) mass is 344 g/mol. The molecule has 3 N–H and O–H groups in total. The van der Waals surface area contributed by atoms with E-state index in [2.05, 4.69) is 10.2 Å². The minimum atomic E-state index is -4.67. The van der Waals surface area contributed by atoms with Crippen LogP contribution in [0.2, 0.25) is 0 Å². The zero-order chi connectivity index (χ0) is 18.1. The zero-order valence-corrected chi connectivity index (χ0v) is 12.4. The van der Waals surface area contributed by atoms with E-state index in [0.717, 1.165) is 0 Å². The van der Waals surface area contributed by atoms with Crippen LogP contribution in [0.4, 0.5) is 13.2 Å². The van der Waals surface area contributed by atoms with Crippen molar-refractivity contribution in [2.24, 2.45) is 5.10 Å². The number of aromatic hydroxyl groups is 1. The van der Waals surface area contributed by atoms with Gasteiger partial charge in [-0.2, -0.15) is 23.4 Å². The number of rotatable bonds is 3. The number of hydrogen-bond donors (Lipinski definition) is 3. The van der Waals surface area contributed by atoms with Gasteiger partial charge in [-0.05, 0) is 13.8 Å². The number of halogens is 3. The number of amides is 1. The van der Waals surface area contributed by atoms with Gasteiger partial charge < -0.3 is 9.52 Å². The van der Waals surface area contributed by atoms with Crippen molar-refractivity contribution in [1.82, 2.24) is 15.6 Å². The Kier molecular flexibility index (Phi) is 4.44. The van der Waals surface area contributed by atoms with Crippen LogP contribution in [0.5, 0.6) is 5.75 Å². The van der Waals surface area contributed by atoms with E-state index in [4.69, 9.17) is 4.42 Å². The smallest absolute Gasteiger partial charge is 0.432 e. The van der Waals surface area contributed by atoms with Crippen LogP contribution in [0.1, 0.15) is 34.4 Å². The molecule has 2 heterocycles. The van der Waals surface area contributed by atoms with Gasteiger partial charge in [-0.3, -0.25) is 9.89 Å². The van der Waals surface area contributed by atoms with Crippen LogP contribution in [-0.2, 0) is 6.18 Å². The zero-order valence-electron chi connectivity index (χ0n) is 12.4. The fraction of sp³-hybridized carbons (Fsp3) is 0.231. The number of alkyl halides is 3. The van der Waals surface area contributed by atoms with Crippen LogP contribution >= 0.6 is 0 Å². The molecule has 0 aliphatic carbocycles. The maximum atomic E-state index is 12.4. The Morgan fingerprint density at radius 3 is 2.62 bits per heavy atom. The molecule has 24 heavy (non-hydrogen) atoms. The highest BCUT2D eigenvalue weighted by Gasteiger charge is 2.33. The standard InChI is InChI=1S/C13H11F3N4O4/c1-5-3-8(21)10(12(23)24-5)6(2)17-20-11(22)7-4-9(19-18-7)13(14,15)16/h3-4,21H,1-2H3,(H,18,19)(H,20,22)/b17-6+. The van der Waals surface area contributed by atoms with E-state index in [1.54, 1.807) is 5.10 Å². The van der Waals surface area contributed by atoms with Gasteiger partial charge in [-0.15, -0.1) is 0 Å². The fourth-order valence-electron chi connectivity index (χ4n) is 1.76. The van der Waals surface area contributed by atoms with E-state index < -0.39 is 34.8 Å². The first-order chi connectivity index (χ1) is 11.1. The molecule has 0 unspecified atom stereocenters. The van der Waals surface area contributed by atoms with Crippen LogP contribution < -0.4 is 11.1 Å². The molecule has 8 nitrogen and oxygen atoms in total. The van der Waals surface area contributed by atoms with E-state index in [1.165, 1.54) is 19.9 Å². The molecule has 0 fully saturated rings. The van der Waals surface area contributed by atoms with Gasteiger partial charge in [0.1, 0.15) is 22.8 Å². The lowest BCUT2D eigenvalue weighted by Crippen LogP contribution is -2.22. The highest BCUT2D eigenvalue weighted by molar-refractivity contribution is 6.01. The summed E-state index contributed by atoms with van der Waals surface area (Å²) < 4.78 is 42.0. The second kappa shape index (κ2) is 6.18. The average molecular weight is 344 g/mol. The molecule has 0 aliphatic rings. The normalized spacial score (nSPS) is 12.3. The number of H-pyrrole nitrogens is 1. The highest BCUT2D eigenvalue weighted by atomic mass is 19.4. The molecule has 0 bridgehead atoms. The molecule has 0 aromatic carbocycles. The SMILES string of the molecule is C/C(=N\NC(=O)c1cc(C(F)(F)F)[nH]n1)c1c(O)cc(C)oc1=O. The summed E-state index contributed by atoms with van der Waals surface area (Å²) in [6.45, 7) is 2.75. The van der Waals surface area contributed by atoms with Crippen LogP contribution in [-0.4, -0.2) is 26.9 Å². The van der Waals surface area contributed by atoms with Crippen molar-refractivity contribution in [3.8, 4) is 5.75 Å². The minimum absolute atomic E-state index is 0.0961. The van der Waals surface area contributed by atoms with Crippen molar-refractivity contribution in [3.63, 3.8) is 0 Å². The van der Waals surface area contributed by atoms with Crippen LogP contribution in [0.3, 0.4) is 0 Å². The molecular formula is C13H11F3N4O4. The number of carbonyl (C=O) groups is 1. The van der Waals surface area contributed by atoms with Crippen molar-refractivity contribution < 1.29 is 27.5 Å². The van der Waals surface area contributed by atoms with E-state index in [1.807, 2.05) is 5.43 Å². The molecule has 0 saturated carbocycles. The number of aryl methyl sites for hydroxylation is 1. The third-order valence-electron chi connectivity index (χ3n) is 2.86. The third-order valence-corrected chi connectivity index (χ3v) is 2.86. The van der Waals surface area contributed by atoms with Crippen molar-refractivity contribution >= 4 is 11.6 Å². The van der Waals surface area contributed by atoms with Crippen LogP contribution in [0, 0.1) is 6.92 Å². The van der Waals surface area contributed by atoms with Gasteiger partial charge in [-0.1, -0.05) is 0 Å². The average Bonchev–Trinajstić information content (AvgIpc) is 2.93. The van der Waals surface area contributed by atoms with Crippen molar-refractivity contribution in [2.45, 2.75) is 20.0 Å². The molecular weight excluding hydrogens is 333 g/mol. The second-order valence-electron chi connectivity index (χ2n) is 4.71. The third kappa shape index (κ3) is 3.62. The summed E-state index contributed by atoms with van der Waals surface area (Å²) in [7, 11) is 0. The molecule has 2 rings (SSSR count). The van der Waals surface area contributed by atoms with Gasteiger partial charge in [0, 0.05) is 12.1 Å². The number of aromatic nitrogens is 2. The van der Waals surface area contributed by atoms with Gasteiger partial charge >= 0.3 is 11.8 Å². The fourth-order valence-corrected chi connectivity index (χ4v) is 1.76. The van der Waals surface area contributed by atoms with Crippen molar-refractivity contribution in [2.75, 3.05) is 0 Å². The molecule has 0 aliphatic heterocycles. The number of carbonyl (C=O) groups excluding carboxylic acids is 1. The highest BCUT2D eigenvalue weighted by Crippen LogP contribution is 2.27. The Morgan fingerprint density at radius 1 is 1.42 bits per heavy atom. The van der Waals surface area contributed by atoms with E-state index in [0.29, 0.717) is 6.07 Å². The maximum Gasteiger partial charge on any atom is 0.432 e. The van der Waals surface area contributed by atoms with E-state index >= 15 is 0 Å². The predicted molar refractivity (Wildman–Crippen MR) is 74.6 cm³/mol. The summed E-state index contributed by atoms with van der Waals surface area (Å²) in [6, 6.07) is 1.69. The van der Waals surface area contributed by atoms with E-state index in [9.17, 15) is 27.9 Å². The molecule has 0 radical (unpaired) electrons. The quantitative estimate of drug-likeness (QED) is 0.576. The number of nitrogens with one attached hydrogen (secondary N) is 2. The molecule has 1 amide bonds. The van der Waals surface area contributed by atoms with E-state index in [-0.39, 0.29) is 17.0 Å². The Labute approximate surface area is 132 Å². The lowest BCUT2D eigenvalue weighted by Gasteiger charge is -2.03. The topological polar surface area (TPSA) is 121 Å². The molecule has 0 atom stereocenters. The summed E-state index contributed by atoms with van der Waals surface area (Å²) in [4.78, 5) is 23.4. The summed E-state index contributed by atoms with van der Waals surface area (Å²) in [6.07, 6.45) is -4.67. The Bertz CT molecular complexity index is 867. The van der Waals surface area contributed by atoms with Gasteiger partial charge in [0.25, 0.3) is 5.91 Å². The molecule has 2 aromatic heterocycles. The number of aromatic amines is 1. The summed E-state index contributed by atoms with van der Waals surface area (Å²) in [5, 5.41) is 18.2. The van der Waals surface area contributed by atoms with Crippen LogP contribution in [0.15, 0.2) is 26.4 Å². The molecule has 0 spiro atoms. The second-order valence-corrected chi connectivity index (χ2v) is 4.71. The number of hydrogen-bond acceptors (Lipinski definition) is 6. The van der Waals surface area contributed by atoms with Gasteiger partial charge in [0.2, 0.25) is 0 Å². The summed E-state index contributed by atoms with van der Waals surface area (Å²) >= 11 is 0. The lowest BCUT2D eigenvalue weighted by atomic mass is 10.2. The van der Waals surface area contributed by atoms with Gasteiger partial charge in [-0.25, -0.2) is 10.2 Å². The lowest BCUT2D eigenvalue weighted by molar-refractivity contribution is -0.141. The summed E-state index contributed by atoms with van der Waals surface area (Å²) in [5.74, 6) is -1.26.